The smallest absolute Gasteiger partial charge is 0.0628 e. The van der Waals surface area contributed by atoms with E-state index in [1.807, 2.05) is 11.7 Å². The summed E-state index contributed by atoms with van der Waals surface area (Å²) in [5.41, 5.74) is 3.96. The first kappa shape index (κ1) is 13.8. The molecule has 0 radical (unpaired) electrons. The van der Waals surface area contributed by atoms with Crippen LogP contribution in [0.25, 0.3) is 0 Å². The Bertz CT molecular complexity index is 606. The average molecular weight is 334 g/mol. The van der Waals surface area contributed by atoms with E-state index in [1.165, 1.54) is 22.0 Å². The molecule has 0 aliphatic carbocycles. The summed E-state index contributed by atoms with van der Waals surface area (Å²) in [7, 11) is 2.00. The molecule has 1 aliphatic rings. The molecule has 2 unspecified atom stereocenters. The van der Waals surface area contributed by atoms with Crippen LogP contribution >= 0.6 is 15.9 Å². The van der Waals surface area contributed by atoms with Gasteiger partial charge in [-0.2, -0.15) is 5.10 Å². The van der Waals surface area contributed by atoms with E-state index in [0.717, 1.165) is 18.8 Å². The lowest BCUT2D eigenvalue weighted by molar-refractivity contribution is 0.402. The van der Waals surface area contributed by atoms with Crippen molar-refractivity contribution in [1.82, 2.24) is 15.1 Å². The molecule has 3 rings (SSSR count). The number of nitrogens with zero attached hydrogens (tertiary/aromatic N) is 2. The Morgan fingerprint density at radius 2 is 2.05 bits per heavy atom. The molecule has 4 heteroatoms. The second-order valence-corrected chi connectivity index (χ2v) is 6.43. The highest BCUT2D eigenvalue weighted by molar-refractivity contribution is 9.10. The summed E-state index contributed by atoms with van der Waals surface area (Å²) in [5.74, 6) is 1.05. The van der Waals surface area contributed by atoms with Crippen molar-refractivity contribution in [2.75, 3.05) is 13.1 Å². The molecule has 2 atom stereocenters. The van der Waals surface area contributed by atoms with Crippen molar-refractivity contribution in [2.45, 2.75) is 25.2 Å². The Labute approximate surface area is 128 Å². The van der Waals surface area contributed by atoms with Gasteiger partial charge in [0.25, 0.3) is 0 Å². The van der Waals surface area contributed by atoms with E-state index in [0.29, 0.717) is 11.8 Å². The van der Waals surface area contributed by atoms with Gasteiger partial charge in [0.15, 0.2) is 0 Å². The van der Waals surface area contributed by atoms with Crippen LogP contribution in [-0.4, -0.2) is 22.9 Å². The quantitative estimate of drug-likeness (QED) is 0.913. The van der Waals surface area contributed by atoms with Gasteiger partial charge in [0.05, 0.1) is 5.69 Å². The van der Waals surface area contributed by atoms with Gasteiger partial charge in [-0.25, -0.2) is 0 Å². The van der Waals surface area contributed by atoms with E-state index in [-0.39, 0.29) is 0 Å². The molecule has 0 spiro atoms. The summed E-state index contributed by atoms with van der Waals surface area (Å²) < 4.78 is 3.14. The first-order valence-electron chi connectivity index (χ1n) is 7.12. The predicted octanol–water partition coefficient (Wildman–Crippen LogP) is 3.35. The fourth-order valence-corrected chi connectivity index (χ4v) is 3.89. The molecule has 1 N–H and O–H groups in total. The van der Waals surface area contributed by atoms with E-state index in [9.17, 15) is 0 Å². The van der Waals surface area contributed by atoms with Crippen molar-refractivity contribution >= 4 is 15.9 Å². The fourth-order valence-electron chi connectivity index (χ4n) is 3.32. The first-order valence-corrected chi connectivity index (χ1v) is 7.91. The molecule has 0 amide bonds. The summed E-state index contributed by atoms with van der Waals surface area (Å²) in [6, 6.07) is 8.58. The molecule has 1 saturated heterocycles. The molecular weight excluding hydrogens is 314 g/mol. The maximum absolute atomic E-state index is 4.52. The van der Waals surface area contributed by atoms with Crippen LogP contribution in [0.4, 0.5) is 0 Å². The summed E-state index contributed by atoms with van der Waals surface area (Å²) in [5, 5.41) is 8.06. The van der Waals surface area contributed by atoms with Gasteiger partial charge in [-0.05, 0) is 43.0 Å². The maximum Gasteiger partial charge on any atom is 0.0628 e. The van der Waals surface area contributed by atoms with Gasteiger partial charge in [0.2, 0.25) is 0 Å². The van der Waals surface area contributed by atoms with E-state index in [4.69, 9.17) is 0 Å². The third-order valence-electron chi connectivity index (χ3n) is 4.24. The van der Waals surface area contributed by atoms with Crippen LogP contribution in [-0.2, 0) is 7.05 Å². The number of benzene rings is 1. The Balaban J connectivity index is 2.00. The zero-order chi connectivity index (χ0) is 14.1. The predicted molar refractivity (Wildman–Crippen MR) is 85.1 cm³/mol. The average Bonchev–Trinajstić information content (AvgIpc) is 2.78. The molecule has 1 aromatic heterocycles. The summed E-state index contributed by atoms with van der Waals surface area (Å²) in [6.07, 6.45) is 3.35. The number of hydrogen-bond acceptors (Lipinski definition) is 2. The van der Waals surface area contributed by atoms with Gasteiger partial charge in [-0.15, -0.1) is 0 Å². The molecule has 1 aromatic carbocycles. The van der Waals surface area contributed by atoms with Crippen LogP contribution in [0.2, 0.25) is 0 Å². The molecule has 2 heterocycles. The van der Waals surface area contributed by atoms with Crippen molar-refractivity contribution < 1.29 is 0 Å². The first-order chi connectivity index (χ1) is 9.66. The topological polar surface area (TPSA) is 29.9 Å². The van der Waals surface area contributed by atoms with Crippen LogP contribution in [0, 0.1) is 6.92 Å². The molecule has 2 aromatic rings. The third kappa shape index (κ3) is 2.54. The summed E-state index contributed by atoms with van der Waals surface area (Å²) in [6.45, 7) is 4.23. The molecule has 20 heavy (non-hydrogen) atoms. The van der Waals surface area contributed by atoms with Crippen molar-refractivity contribution in [3.63, 3.8) is 0 Å². The Kier molecular flexibility index (Phi) is 3.94. The van der Waals surface area contributed by atoms with Crippen LogP contribution in [0.3, 0.4) is 0 Å². The largest absolute Gasteiger partial charge is 0.316 e. The van der Waals surface area contributed by atoms with Gasteiger partial charge < -0.3 is 5.32 Å². The molecule has 0 bridgehead atoms. The number of hydrogen-bond donors (Lipinski definition) is 1. The van der Waals surface area contributed by atoms with Gasteiger partial charge in [0, 0.05) is 30.2 Å². The van der Waals surface area contributed by atoms with E-state index in [1.54, 1.807) is 0 Å². The lowest BCUT2D eigenvalue weighted by Crippen LogP contribution is -2.34. The zero-order valence-corrected chi connectivity index (χ0v) is 13.5. The lowest BCUT2D eigenvalue weighted by Gasteiger charge is -2.33. The Morgan fingerprint density at radius 1 is 1.25 bits per heavy atom. The third-order valence-corrected chi connectivity index (χ3v) is 4.96. The van der Waals surface area contributed by atoms with Crippen molar-refractivity contribution in [2.24, 2.45) is 7.05 Å². The number of halogens is 1. The number of aromatic nitrogens is 2. The maximum atomic E-state index is 4.52. The minimum atomic E-state index is 0.502. The van der Waals surface area contributed by atoms with Gasteiger partial charge in [-0.1, -0.05) is 34.1 Å². The van der Waals surface area contributed by atoms with Gasteiger partial charge in [-0.3, -0.25) is 4.68 Å². The van der Waals surface area contributed by atoms with Crippen LogP contribution in [0.1, 0.15) is 35.1 Å². The van der Waals surface area contributed by atoms with Gasteiger partial charge >= 0.3 is 0 Å². The standard InChI is InChI=1S/C16H20BrN3/c1-11-15(10-20(2)19-11)12-7-8-18-9-14(12)13-5-3-4-6-16(13)17/h3-6,10,12,14,18H,7-9H2,1-2H3. The molecule has 0 saturated carbocycles. The second-order valence-electron chi connectivity index (χ2n) is 5.57. The minimum Gasteiger partial charge on any atom is -0.316 e. The molecule has 1 fully saturated rings. The van der Waals surface area contributed by atoms with E-state index in [2.05, 4.69) is 63.7 Å². The summed E-state index contributed by atoms with van der Waals surface area (Å²) >= 11 is 3.71. The molecule has 106 valence electrons. The molecular formula is C16H20BrN3. The molecule has 1 aliphatic heterocycles. The minimum absolute atomic E-state index is 0.502. The highest BCUT2D eigenvalue weighted by Gasteiger charge is 2.30. The van der Waals surface area contributed by atoms with Crippen molar-refractivity contribution in [1.29, 1.82) is 0 Å². The zero-order valence-electron chi connectivity index (χ0n) is 11.9. The second kappa shape index (κ2) is 5.70. The number of aryl methyl sites for hydroxylation is 2. The highest BCUT2D eigenvalue weighted by atomic mass is 79.9. The van der Waals surface area contributed by atoms with Crippen molar-refractivity contribution in [3.8, 4) is 0 Å². The van der Waals surface area contributed by atoms with Gasteiger partial charge in [0.1, 0.15) is 0 Å². The fraction of sp³-hybridized carbons (Fsp3) is 0.438. The van der Waals surface area contributed by atoms with E-state index >= 15 is 0 Å². The highest BCUT2D eigenvalue weighted by Crippen LogP contribution is 2.40. The van der Waals surface area contributed by atoms with Crippen LogP contribution in [0.5, 0.6) is 0 Å². The van der Waals surface area contributed by atoms with Crippen LogP contribution < -0.4 is 5.32 Å². The lowest BCUT2D eigenvalue weighted by atomic mass is 9.77. The molecule has 3 nitrogen and oxygen atoms in total. The Hall–Kier alpha value is -1.13. The monoisotopic (exact) mass is 333 g/mol. The number of rotatable bonds is 2. The number of piperidine rings is 1. The van der Waals surface area contributed by atoms with E-state index < -0.39 is 0 Å². The number of nitrogens with one attached hydrogen (secondary N) is 1. The SMILES string of the molecule is Cc1nn(C)cc1C1CCNCC1c1ccccc1Br. The summed E-state index contributed by atoms with van der Waals surface area (Å²) in [4.78, 5) is 0. The normalized spacial score (nSPS) is 22.9. The Morgan fingerprint density at radius 3 is 2.75 bits per heavy atom. The van der Waals surface area contributed by atoms with Crippen LogP contribution in [0.15, 0.2) is 34.9 Å². The van der Waals surface area contributed by atoms with Crippen molar-refractivity contribution in [3.05, 3.63) is 51.8 Å².